The first-order valence-corrected chi connectivity index (χ1v) is 12.5. The van der Waals surface area contributed by atoms with E-state index in [0.717, 1.165) is 12.8 Å². The van der Waals surface area contributed by atoms with Gasteiger partial charge >= 0.3 is 5.56 Å². The summed E-state index contributed by atoms with van der Waals surface area (Å²) in [5.41, 5.74) is 0.327. The first kappa shape index (κ1) is 24.6. The molecule has 178 valence electrons. The second kappa shape index (κ2) is 11.2. The zero-order valence-electron chi connectivity index (χ0n) is 19.7. The third-order valence-electron chi connectivity index (χ3n) is 5.33. The van der Waals surface area contributed by atoms with Crippen molar-refractivity contribution >= 4 is 21.9 Å². The van der Waals surface area contributed by atoms with Crippen molar-refractivity contribution in [1.29, 1.82) is 0 Å². The molecule has 0 aliphatic rings. The molecule has 2 aromatic heterocycles. The molecule has 3 rings (SSSR count). The van der Waals surface area contributed by atoms with Crippen molar-refractivity contribution in [1.82, 2.24) is 9.55 Å². The van der Waals surface area contributed by atoms with E-state index >= 15 is 0 Å². The van der Waals surface area contributed by atoms with Crippen molar-refractivity contribution in [3.8, 4) is 28.7 Å². The lowest BCUT2D eigenvalue weighted by Crippen LogP contribution is -2.29. The standard InChI is InChI=1S/C24H30N2O6S/c1-6-7-11-26-23-17(9-8-10-25-23)20(27)22(24(26)28)33(5)13-12-32-16-14-18(29-2)21(31-4)19(15-16)30-3/h8-10,14-15H,6-7,11-13H2,1-5H3/p+1. The van der Waals surface area contributed by atoms with Gasteiger partial charge in [0.25, 0.3) is 4.90 Å². The first-order chi connectivity index (χ1) is 16.0. The predicted octanol–water partition coefficient (Wildman–Crippen LogP) is 3.61. The lowest BCUT2D eigenvalue weighted by molar-refractivity contribution is 0.309. The minimum absolute atomic E-state index is 0.00877. The Kier molecular flexibility index (Phi) is 8.32. The van der Waals surface area contributed by atoms with Gasteiger partial charge in [-0.1, -0.05) is 13.3 Å². The molecule has 0 bridgehead atoms. The predicted molar refractivity (Wildman–Crippen MR) is 131 cm³/mol. The van der Waals surface area contributed by atoms with Crippen LogP contribution in [0.3, 0.4) is 0 Å². The van der Waals surface area contributed by atoms with Crippen LogP contribution in [0.5, 0.6) is 28.7 Å². The highest BCUT2D eigenvalue weighted by atomic mass is 32.2. The fourth-order valence-corrected chi connectivity index (χ4v) is 4.99. The highest BCUT2D eigenvalue weighted by Crippen LogP contribution is 2.40. The van der Waals surface area contributed by atoms with E-state index in [-0.39, 0.29) is 11.3 Å². The van der Waals surface area contributed by atoms with Gasteiger partial charge in [0, 0.05) is 35.8 Å². The maximum atomic E-state index is 13.3. The van der Waals surface area contributed by atoms with Gasteiger partial charge in [0.1, 0.15) is 30.0 Å². The number of hydrogen-bond donors (Lipinski definition) is 1. The van der Waals surface area contributed by atoms with Crippen molar-refractivity contribution in [2.45, 2.75) is 31.2 Å². The van der Waals surface area contributed by atoms with Crippen molar-refractivity contribution < 1.29 is 24.1 Å². The Morgan fingerprint density at radius 3 is 2.42 bits per heavy atom. The van der Waals surface area contributed by atoms with Crippen molar-refractivity contribution in [2.24, 2.45) is 0 Å². The fourth-order valence-electron chi connectivity index (χ4n) is 3.60. The summed E-state index contributed by atoms with van der Waals surface area (Å²) in [5.74, 6) is 2.62. The van der Waals surface area contributed by atoms with Gasteiger partial charge in [-0.25, -0.2) is 4.98 Å². The molecule has 2 heterocycles. The molecule has 0 radical (unpaired) electrons. The smallest absolute Gasteiger partial charge is 0.311 e. The van der Waals surface area contributed by atoms with Gasteiger partial charge in [-0.3, -0.25) is 9.36 Å². The van der Waals surface area contributed by atoms with Crippen LogP contribution in [0, 0.1) is 0 Å². The van der Waals surface area contributed by atoms with Gasteiger partial charge < -0.3 is 24.1 Å². The molecule has 1 unspecified atom stereocenters. The summed E-state index contributed by atoms with van der Waals surface area (Å²) >= 11 is 0. The number of nitrogens with zero attached hydrogens (tertiary/aromatic N) is 2. The SMILES string of the molecule is CCCCn1c(=O)c([S+](C)CCOc2cc(OC)c(OC)c(OC)c2)c(O)c2cccnc21. The summed E-state index contributed by atoms with van der Waals surface area (Å²) < 4.78 is 23.7. The normalized spacial score (nSPS) is 11.9. The van der Waals surface area contributed by atoms with E-state index in [4.69, 9.17) is 18.9 Å². The van der Waals surface area contributed by atoms with E-state index in [1.807, 2.05) is 6.26 Å². The van der Waals surface area contributed by atoms with E-state index in [9.17, 15) is 9.90 Å². The van der Waals surface area contributed by atoms with Crippen LogP contribution < -0.4 is 24.5 Å². The van der Waals surface area contributed by atoms with Crippen molar-refractivity contribution in [3.05, 3.63) is 40.8 Å². The van der Waals surface area contributed by atoms with E-state index in [2.05, 4.69) is 11.9 Å². The molecule has 0 fully saturated rings. The molecule has 3 aromatic rings. The van der Waals surface area contributed by atoms with Crippen LogP contribution in [0.4, 0.5) is 0 Å². The summed E-state index contributed by atoms with van der Waals surface area (Å²) in [5, 5.41) is 11.5. The molecule has 0 amide bonds. The molecule has 0 aliphatic carbocycles. The number of fused-ring (bicyclic) bond motifs is 1. The second-order valence-corrected chi connectivity index (χ2v) is 9.50. The lowest BCUT2D eigenvalue weighted by Gasteiger charge is -2.15. The molecule has 33 heavy (non-hydrogen) atoms. The van der Waals surface area contributed by atoms with Crippen LogP contribution in [0.1, 0.15) is 19.8 Å². The third-order valence-corrected chi connectivity index (χ3v) is 7.18. The topological polar surface area (TPSA) is 92.0 Å². The maximum Gasteiger partial charge on any atom is 0.311 e. The average Bonchev–Trinajstić information content (AvgIpc) is 2.83. The highest BCUT2D eigenvalue weighted by molar-refractivity contribution is 7.96. The van der Waals surface area contributed by atoms with Crippen molar-refractivity contribution in [2.75, 3.05) is 39.9 Å². The molecule has 8 nitrogen and oxygen atoms in total. The number of rotatable bonds is 11. The van der Waals surface area contributed by atoms with Crippen LogP contribution in [0.2, 0.25) is 0 Å². The number of unbranched alkanes of at least 4 members (excludes halogenated alkanes) is 1. The summed E-state index contributed by atoms with van der Waals surface area (Å²) in [6, 6.07) is 7.02. The maximum absolute atomic E-state index is 13.3. The highest BCUT2D eigenvalue weighted by Gasteiger charge is 2.29. The summed E-state index contributed by atoms with van der Waals surface area (Å²) in [6.07, 6.45) is 5.40. The Hall–Kier alpha value is -3.07. The second-order valence-electron chi connectivity index (χ2n) is 7.41. The Bertz CT molecular complexity index is 1140. The quantitative estimate of drug-likeness (QED) is 0.424. The number of ether oxygens (including phenoxy) is 4. The molecule has 0 saturated heterocycles. The molecule has 1 aromatic carbocycles. The number of aryl methyl sites for hydroxylation is 1. The number of aromatic hydroxyl groups is 1. The zero-order chi connectivity index (χ0) is 24.0. The largest absolute Gasteiger partial charge is 0.503 e. The molecule has 0 aliphatic heterocycles. The minimum Gasteiger partial charge on any atom is -0.503 e. The average molecular weight is 476 g/mol. The van der Waals surface area contributed by atoms with E-state index in [1.54, 1.807) is 56.4 Å². The summed E-state index contributed by atoms with van der Waals surface area (Å²) in [7, 11) is 4.09. The Balaban J connectivity index is 1.84. The Morgan fingerprint density at radius 2 is 1.82 bits per heavy atom. The van der Waals surface area contributed by atoms with E-state index < -0.39 is 10.9 Å². The van der Waals surface area contributed by atoms with Gasteiger partial charge in [-0.15, -0.1) is 0 Å². The monoisotopic (exact) mass is 475 g/mol. The molecular weight excluding hydrogens is 444 g/mol. The van der Waals surface area contributed by atoms with Crippen LogP contribution in [0.25, 0.3) is 11.0 Å². The fraction of sp³-hybridized carbons (Fsp3) is 0.417. The van der Waals surface area contributed by atoms with Gasteiger partial charge in [0.2, 0.25) is 5.75 Å². The number of pyridine rings is 2. The summed E-state index contributed by atoms with van der Waals surface area (Å²) in [4.78, 5) is 18.1. The number of benzene rings is 1. The number of hydrogen-bond acceptors (Lipinski definition) is 7. The third kappa shape index (κ3) is 5.13. The minimum atomic E-state index is -0.546. The van der Waals surface area contributed by atoms with E-state index in [0.29, 0.717) is 57.8 Å². The van der Waals surface area contributed by atoms with E-state index in [1.165, 1.54) is 0 Å². The van der Waals surface area contributed by atoms with Gasteiger partial charge in [0.05, 0.1) is 26.7 Å². The van der Waals surface area contributed by atoms with Gasteiger partial charge in [-0.2, -0.15) is 0 Å². The molecule has 1 N–H and O–H groups in total. The first-order valence-electron chi connectivity index (χ1n) is 10.7. The Morgan fingerprint density at radius 1 is 1.12 bits per heavy atom. The van der Waals surface area contributed by atoms with Gasteiger partial charge in [-0.05, 0) is 18.6 Å². The van der Waals surface area contributed by atoms with Crippen LogP contribution >= 0.6 is 0 Å². The van der Waals surface area contributed by atoms with Gasteiger partial charge in [0.15, 0.2) is 17.2 Å². The van der Waals surface area contributed by atoms with Crippen LogP contribution in [-0.4, -0.2) is 54.6 Å². The van der Waals surface area contributed by atoms with Crippen LogP contribution in [-0.2, 0) is 17.4 Å². The lowest BCUT2D eigenvalue weighted by atomic mass is 10.2. The number of aromatic nitrogens is 2. The molecule has 0 saturated carbocycles. The van der Waals surface area contributed by atoms with Crippen LogP contribution in [0.15, 0.2) is 40.2 Å². The molecule has 9 heteroatoms. The molecule has 0 spiro atoms. The molecule has 1 atom stereocenters. The van der Waals surface area contributed by atoms with Crippen molar-refractivity contribution in [3.63, 3.8) is 0 Å². The number of methoxy groups -OCH3 is 3. The molecular formula is C24H31N2O6S+. The zero-order valence-corrected chi connectivity index (χ0v) is 20.5. The Labute approximate surface area is 196 Å². The summed E-state index contributed by atoms with van der Waals surface area (Å²) in [6.45, 7) is 2.99.